The summed E-state index contributed by atoms with van der Waals surface area (Å²) in [6.07, 6.45) is 0.954. The number of halogens is 2. The fourth-order valence-electron chi connectivity index (χ4n) is 3.57. The number of carbonyl (C=O) groups excluding carboxylic acids is 1. The summed E-state index contributed by atoms with van der Waals surface area (Å²) >= 11 is 3.25. The molecule has 28 heavy (non-hydrogen) atoms. The number of aromatic nitrogens is 2. The van der Waals surface area contributed by atoms with Gasteiger partial charge in [-0.15, -0.1) is 0 Å². The average molecular weight is 444 g/mol. The second kappa shape index (κ2) is 7.47. The predicted molar refractivity (Wildman–Crippen MR) is 106 cm³/mol. The van der Waals surface area contributed by atoms with Crippen molar-refractivity contribution < 1.29 is 13.7 Å². The summed E-state index contributed by atoms with van der Waals surface area (Å²) in [5, 5.41) is 4.11. The van der Waals surface area contributed by atoms with Crippen LogP contribution in [0.2, 0.25) is 0 Å². The molecule has 5 nitrogen and oxygen atoms in total. The number of hydrogen-bond donors (Lipinski definition) is 0. The number of carbonyl (C=O) groups is 1. The molecule has 1 atom stereocenters. The molecule has 0 saturated carbocycles. The zero-order chi connectivity index (χ0) is 19.8. The molecular weight excluding hydrogens is 425 g/mol. The fourth-order valence-corrected chi connectivity index (χ4v) is 3.90. The number of benzene rings is 2. The van der Waals surface area contributed by atoms with Crippen molar-refractivity contribution in [3.8, 4) is 11.4 Å². The lowest BCUT2D eigenvalue weighted by molar-refractivity contribution is -0.130. The maximum Gasteiger partial charge on any atom is 0.249 e. The number of amides is 1. The Hall–Kier alpha value is -2.54. The first-order valence-corrected chi connectivity index (χ1v) is 9.86. The van der Waals surface area contributed by atoms with Crippen molar-refractivity contribution in [1.82, 2.24) is 15.0 Å². The molecule has 4 rings (SSSR count). The van der Waals surface area contributed by atoms with Crippen LogP contribution in [0.25, 0.3) is 11.4 Å². The van der Waals surface area contributed by atoms with Crippen LogP contribution in [-0.2, 0) is 11.3 Å². The van der Waals surface area contributed by atoms with Crippen LogP contribution >= 0.6 is 15.9 Å². The first kappa shape index (κ1) is 18.8. The highest BCUT2D eigenvalue weighted by molar-refractivity contribution is 9.10. The summed E-state index contributed by atoms with van der Waals surface area (Å²) in [5.74, 6) is 0.493. The average Bonchev–Trinajstić information content (AvgIpc) is 3.25. The van der Waals surface area contributed by atoms with E-state index in [1.165, 1.54) is 6.07 Å². The second-order valence-electron chi connectivity index (χ2n) is 7.09. The zero-order valence-electron chi connectivity index (χ0n) is 15.6. The van der Waals surface area contributed by atoms with Gasteiger partial charge in [-0.1, -0.05) is 50.9 Å². The lowest BCUT2D eigenvalue weighted by Gasteiger charge is -2.22. The van der Waals surface area contributed by atoms with Crippen molar-refractivity contribution in [3.63, 3.8) is 0 Å². The first-order chi connectivity index (χ1) is 13.4. The van der Waals surface area contributed by atoms with E-state index in [4.69, 9.17) is 4.52 Å². The number of likely N-dealkylation sites (tertiary alicyclic amines) is 1. The van der Waals surface area contributed by atoms with Gasteiger partial charge < -0.3 is 9.42 Å². The van der Waals surface area contributed by atoms with Gasteiger partial charge in [0.2, 0.25) is 17.6 Å². The molecular formula is C21H19BrFN3O2. The van der Waals surface area contributed by atoms with Crippen LogP contribution in [-0.4, -0.2) is 20.9 Å². The summed E-state index contributed by atoms with van der Waals surface area (Å²) in [4.78, 5) is 18.6. The SMILES string of the molecule is Cc1ccc(-c2noc(C3CCC(=O)N3Cc3ccc(Br)cc3F)n2)c(C)c1. The van der Waals surface area contributed by atoms with E-state index >= 15 is 0 Å². The Balaban J connectivity index is 1.61. The normalized spacial score (nSPS) is 16.8. The molecule has 1 aromatic heterocycles. The molecule has 3 aromatic rings. The summed E-state index contributed by atoms with van der Waals surface area (Å²) in [6, 6.07) is 10.5. The predicted octanol–water partition coefficient (Wildman–Crippen LogP) is 5.12. The minimum Gasteiger partial charge on any atom is -0.337 e. The maximum atomic E-state index is 14.2. The lowest BCUT2D eigenvalue weighted by Crippen LogP contribution is -2.27. The Kier molecular flexibility index (Phi) is 5.02. The Morgan fingerprint density at radius 1 is 1.25 bits per heavy atom. The number of rotatable bonds is 4. The molecule has 1 aliphatic rings. The molecule has 0 spiro atoms. The summed E-state index contributed by atoms with van der Waals surface area (Å²) in [7, 11) is 0. The smallest absolute Gasteiger partial charge is 0.249 e. The van der Waals surface area contributed by atoms with Gasteiger partial charge in [0.1, 0.15) is 11.9 Å². The highest BCUT2D eigenvalue weighted by atomic mass is 79.9. The molecule has 2 aromatic carbocycles. The quantitative estimate of drug-likeness (QED) is 0.561. The van der Waals surface area contributed by atoms with Gasteiger partial charge in [0, 0.05) is 28.6 Å². The van der Waals surface area contributed by atoms with Crippen molar-refractivity contribution in [2.24, 2.45) is 0 Å². The van der Waals surface area contributed by atoms with E-state index in [-0.39, 0.29) is 24.3 Å². The number of aryl methyl sites for hydroxylation is 2. The van der Waals surface area contributed by atoms with Crippen molar-refractivity contribution >= 4 is 21.8 Å². The first-order valence-electron chi connectivity index (χ1n) is 9.07. The molecule has 0 bridgehead atoms. The van der Waals surface area contributed by atoms with E-state index in [2.05, 4.69) is 32.1 Å². The minimum atomic E-state index is -0.352. The maximum absolute atomic E-state index is 14.2. The zero-order valence-corrected chi connectivity index (χ0v) is 17.2. The van der Waals surface area contributed by atoms with Gasteiger partial charge in [0.15, 0.2) is 0 Å². The van der Waals surface area contributed by atoms with Gasteiger partial charge in [-0.3, -0.25) is 4.79 Å². The van der Waals surface area contributed by atoms with E-state index in [1.54, 1.807) is 17.0 Å². The molecule has 2 heterocycles. The third-order valence-electron chi connectivity index (χ3n) is 5.03. The van der Waals surface area contributed by atoms with E-state index in [9.17, 15) is 9.18 Å². The highest BCUT2D eigenvalue weighted by Gasteiger charge is 2.36. The molecule has 1 amide bonds. The largest absolute Gasteiger partial charge is 0.337 e. The van der Waals surface area contributed by atoms with Gasteiger partial charge in [-0.2, -0.15) is 4.98 Å². The van der Waals surface area contributed by atoms with Gasteiger partial charge in [0.25, 0.3) is 0 Å². The van der Waals surface area contributed by atoms with Crippen LogP contribution in [0.3, 0.4) is 0 Å². The van der Waals surface area contributed by atoms with Gasteiger partial charge in [0.05, 0.1) is 0 Å². The van der Waals surface area contributed by atoms with E-state index < -0.39 is 0 Å². The molecule has 144 valence electrons. The van der Waals surface area contributed by atoms with Crippen LogP contribution < -0.4 is 0 Å². The Morgan fingerprint density at radius 2 is 2.07 bits per heavy atom. The van der Waals surface area contributed by atoms with Crippen LogP contribution in [0.4, 0.5) is 4.39 Å². The summed E-state index contributed by atoms with van der Waals surface area (Å²) < 4.78 is 20.4. The number of hydrogen-bond acceptors (Lipinski definition) is 4. The molecule has 1 unspecified atom stereocenters. The molecule has 0 aliphatic carbocycles. The Morgan fingerprint density at radius 3 is 2.82 bits per heavy atom. The van der Waals surface area contributed by atoms with Crippen LogP contribution in [0.5, 0.6) is 0 Å². The third-order valence-corrected chi connectivity index (χ3v) is 5.53. The Bertz CT molecular complexity index is 1050. The second-order valence-corrected chi connectivity index (χ2v) is 8.00. The van der Waals surface area contributed by atoms with Crippen molar-refractivity contribution in [2.45, 2.75) is 39.3 Å². The fraction of sp³-hybridized carbons (Fsp3) is 0.286. The summed E-state index contributed by atoms with van der Waals surface area (Å²) in [5.41, 5.74) is 3.57. The standard InChI is InChI=1S/C21H19BrFN3O2/c1-12-3-6-16(13(2)9-12)20-24-21(28-25-20)18-7-8-19(27)26(18)11-14-4-5-15(22)10-17(14)23/h3-6,9-10,18H,7-8,11H2,1-2H3. The van der Waals surface area contributed by atoms with Gasteiger partial charge >= 0.3 is 0 Å². The van der Waals surface area contributed by atoms with Crippen LogP contribution in [0, 0.1) is 19.7 Å². The highest BCUT2D eigenvalue weighted by Crippen LogP contribution is 2.35. The van der Waals surface area contributed by atoms with Crippen molar-refractivity contribution in [3.05, 3.63) is 69.3 Å². The van der Waals surface area contributed by atoms with Gasteiger partial charge in [-0.05, 0) is 38.0 Å². The van der Waals surface area contributed by atoms with Crippen LogP contribution in [0.1, 0.15) is 41.5 Å². The molecule has 7 heteroatoms. The molecule has 1 saturated heterocycles. The number of nitrogens with zero attached hydrogens (tertiary/aromatic N) is 3. The van der Waals surface area contributed by atoms with E-state index in [0.29, 0.717) is 34.6 Å². The van der Waals surface area contributed by atoms with Crippen LogP contribution in [0.15, 0.2) is 45.4 Å². The minimum absolute atomic E-state index is 0.0430. The molecule has 0 radical (unpaired) electrons. The topological polar surface area (TPSA) is 59.2 Å². The molecule has 1 aliphatic heterocycles. The van der Waals surface area contributed by atoms with Gasteiger partial charge in [-0.25, -0.2) is 4.39 Å². The van der Waals surface area contributed by atoms with Crippen molar-refractivity contribution in [1.29, 1.82) is 0 Å². The monoisotopic (exact) mass is 443 g/mol. The van der Waals surface area contributed by atoms with E-state index in [0.717, 1.165) is 16.7 Å². The van der Waals surface area contributed by atoms with Crippen molar-refractivity contribution in [2.75, 3.05) is 0 Å². The molecule has 1 fully saturated rings. The summed E-state index contributed by atoms with van der Waals surface area (Å²) in [6.45, 7) is 4.20. The van der Waals surface area contributed by atoms with E-state index in [1.807, 2.05) is 26.0 Å². The molecule has 0 N–H and O–H groups in total. The third kappa shape index (κ3) is 3.58. The lowest BCUT2D eigenvalue weighted by atomic mass is 10.1. The Labute approximate surface area is 170 Å².